The van der Waals surface area contributed by atoms with Crippen molar-refractivity contribution >= 4 is 23.6 Å². The monoisotopic (exact) mass is 334 g/mol. The zero-order chi connectivity index (χ0) is 16.6. The first-order valence-electron chi connectivity index (χ1n) is 8.00. The molecule has 3 atom stereocenters. The Bertz CT molecular complexity index is 637. The highest BCUT2D eigenvalue weighted by molar-refractivity contribution is 7.99. The van der Waals surface area contributed by atoms with Crippen LogP contribution < -0.4 is 5.73 Å². The maximum absolute atomic E-state index is 12.9. The molecule has 0 aromatic carbocycles. The number of rotatable bonds is 2. The predicted octanol–water partition coefficient (Wildman–Crippen LogP) is 1.24. The van der Waals surface area contributed by atoms with Crippen molar-refractivity contribution < 1.29 is 9.59 Å². The smallest absolute Gasteiger partial charge is 0.286 e. The lowest BCUT2D eigenvalue weighted by molar-refractivity contribution is -0.137. The fraction of sp³-hybridized carbons (Fsp3) is 0.625. The van der Waals surface area contributed by atoms with E-state index in [2.05, 4.69) is 23.8 Å². The molecule has 7 heteroatoms. The molecule has 6 nitrogen and oxygen atoms in total. The number of thioether (sulfide) groups is 1. The maximum Gasteiger partial charge on any atom is 0.286 e. The van der Waals surface area contributed by atoms with Gasteiger partial charge in [-0.3, -0.25) is 9.59 Å². The SMILES string of the molecule is CC1CSC(C)C(C(=O)N2CCc3cnc(C(N)=O)nc3C2)C1. The first kappa shape index (κ1) is 16.2. The number of hydrogen-bond donors (Lipinski definition) is 1. The predicted molar refractivity (Wildman–Crippen MR) is 88.9 cm³/mol. The van der Waals surface area contributed by atoms with Crippen molar-refractivity contribution in [1.82, 2.24) is 14.9 Å². The summed E-state index contributed by atoms with van der Waals surface area (Å²) in [6, 6.07) is 0. The molecule has 1 aromatic heterocycles. The van der Waals surface area contributed by atoms with E-state index in [0.717, 1.165) is 29.9 Å². The summed E-state index contributed by atoms with van der Waals surface area (Å²) in [5.74, 6) is 1.37. The quantitative estimate of drug-likeness (QED) is 0.879. The van der Waals surface area contributed by atoms with Crippen LogP contribution in [0.25, 0.3) is 0 Å². The van der Waals surface area contributed by atoms with E-state index in [1.807, 2.05) is 16.7 Å². The molecule has 0 aliphatic carbocycles. The minimum Gasteiger partial charge on any atom is -0.363 e. The van der Waals surface area contributed by atoms with Crippen molar-refractivity contribution in [2.24, 2.45) is 17.6 Å². The Morgan fingerprint density at radius 1 is 1.39 bits per heavy atom. The van der Waals surface area contributed by atoms with E-state index in [9.17, 15) is 9.59 Å². The molecule has 2 amide bonds. The van der Waals surface area contributed by atoms with Gasteiger partial charge in [-0.2, -0.15) is 11.8 Å². The average molecular weight is 334 g/mol. The third-order valence-electron chi connectivity index (χ3n) is 4.66. The minimum absolute atomic E-state index is 0.0215. The van der Waals surface area contributed by atoms with Crippen LogP contribution in [0.3, 0.4) is 0 Å². The van der Waals surface area contributed by atoms with Gasteiger partial charge in [0.25, 0.3) is 5.91 Å². The Morgan fingerprint density at radius 3 is 2.91 bits per heavy atom. The fourth-order valence-electron chi connectivity index (χ4n) is 3.27. The van der Waals surface area contributed by atoms with Crippen molar-refractivity contribution in [1.29, 1.82) is 0 Å². The Labute approximate surface area is 140 Å². The Kier molecular flexibility index (Phi) is 4.57. The molecule has 3 rings (SSSR count). The van der Waals surface area contributed by atoms with E-state index in [-0.39, 0.29) is 17.6 Å². The molecule has 0 saturated carbocycles. The van der Waals surface area contributed by atoms with Crippen molar-refractivity contribution in [2.45, 2.75) is 38.5 Å². The van der Waals surface area contributed by atoms with Gasteiger partial charge in [-0.1, -0.05) is 13.8 Å². The Balaban J connectivity index is 1.76. The van der Waals surface area contributed by atoms with Gasteiger partial charge in [0.1, 0.15) is 0 Å². The maximum atomic E-state index is 12.9. The largest absolute Gasteiger partial charge is 0.363 e. The summed E-state index contributed by atoms with van der Waals surface area (Å²) in [5, 5.41) is 0.353. The van der Waals surface area contributed by atoms with Crippen LogP contribution in [0.15, 0.2) is 6.20 Å². The molecule has 3 heterocycles. The third-order valence-corrected chi connectivity index (χ3v) is 6.28. The minimum atomic E-state index is -0.637. The van der Waals surface area contributed by atoms with E-state index in [0.29, 0.717) is 24.3 Å². The molecule has 0 bridgehead atoms. The molecule has 2 N–H and O–H groups in total. The van der Waals surface area contributed by atoms with Crippen molar-refractivity contribution in [3.05, 3.63) is 23.3 Å². The molecule has 124 valence electrons. The number of carbonyl (C=O) groups is 2. The lowest BCUT2D eigenvalue weighted by Crippen LogP contribution is -2.44. The highest BCUT2D eigenvalue weighted by Crippen LogP contribution is 2.35. The summed E-state index contributed by atoms with van der Waals surface area (Å²) >= 11 is 1.88. The summed E-state index contributed by atoms with van der Waals surface area (Å²) in [6.45, 7) is 5.48. The van der Waals surface area contributed by atoms with Gasteiger partial charge < -0.3 is 10.6 Å². The summed E-state index contributed by atoms with van der Waals surface area (Å²) in [6.07, 6.45) is 3.34. The lowest BCUT2D eigenvalue weighted by Gasteiger charge is -2.36. The van der Waals surface area contributed by atoms with E-state index in [1.54, 1.807) is 6.20 Å². The van der Waals surface area contributed by atoms with Crippen LogP contribution in [0.1, 0.15) is 42.1 Å². The molecule has 1 fully saturated rings. The van der Waals surface area contributed by atoms with E-state index in [4.69, 9.17) is 5.73 Å². The number of fused-ring (bicyclic) bond motifs is 1. The van der Waals surface area contributed by atoms with Gasteiger partial charge in [0.2, 0.25) is 11.7 Å². The molecule has 0 spiro atoms. The van der Waals surface area contributed by atoms with Crippen LogP contribution in [0, 0.1) is 11.8 Å². The van der Waals surface area contributed by atoms with E-state index < -0.39 is 5.91 Å². The van der Waals surface area contributed by atoms with Gasteiger partial charge in [0, 0.05) is 18.0 Å². The fourth-order valence-corrected chi connectivity index (χ4v) is 4.50. The summed E-state index contributed by atoms with van der Waals surface area (Å²) in [5.41, 5.74) is 6.99. The van der Waals surface area contributed by atoms with Crippen LogP contribution in [0.5, 0.6) is 0 Å². The molecule has 2 aliphatic heterocycles. The highest BCUT2D eigenvalue weighted by Gasteiger charge is 2.35. The second-order valence-corrected chi connectivity index (χ2v) is 7.94. The second kappa shape index (κ2) is 6.47. The molecule has 3 unspecified atom stereocenters. The van der Waals surface area contributed by atoms with Crippen LogP contribution >= 0.6 is 11.8 Å². The molecule has 23 heavy (non-hydrogen) atoms. The van der Waals surface area contributed by atoms with Crippen LogP contribution in [-0.2, 0) is 17.8 Å². The van der Waals surface area contributed by atoms with Crippen molar-refractivity contribution in [2.75, 3.05) is 12.3 Å². The number of carbonyl (C=O) groups excluding carboxylic acids is 2. The highest BCUT2D eigenvalue weighted by atomic mass is 32.2. The molecule has 1 saturated heterocycles. The average Bonchev–Trinajstić information content (AvgIpc) is 2.55. The van der Waals surface area contributed by atoms with Gasteiger partial charge in [0.15, 0.2) is 0 Å². The number of nitrogens with zero attached hydrogens (tertiary/aromatic N) is 3. The number of amides is 2. The van der Waals surface area contributed by atoms with Gasteiger partial charge in [0.05, 0.1) is 18.2 Å². The third kappa shape index (κ3) is 3.34. The number of primary amides is 1. The topological polar surface area (TPSA) is 89.2 Å². The van der Waals surface area contributed by atoms with E-state index in [1.165, 1.54) is 0 Å². The van der Waals surface area contributed by atoms with Crippen LogP contribution in [0.2, 0.25) is 0 Å². The number of aromatic nitrogens is 2. The first-order chi connectivity index (χ1) is 11.0. The molecular formula is C16H22N4O2S. The molecule has 2 aliphatic rings. The molecule has 0 radical (unpaired) electrons. The number of nitrogens with two attached hydrogens (primary N) is 1. The van der Waals surface area contributed by atoms with Crippen LogP contribution in [0.4, 0.5) is 0 Å². The molecule has 1 aromatic rings. The summed E-state index contributed by atoms with van der Waals surface area (Å²) < 4.78 is 0. The lowest BCUT2D eigenvalue weighted by atomic mass is 9.91. The normalized spacial score (nSPS) is 27.4. The molecular weight excluding hydrogens is 312 g/mol. The van der Waals surface area contributed by atoms with Gasteiger partial charge in [-0.15, -0.1) is 0 Å². The summed E-state index contributed by atoms with van der Waals surface area (Å²) in [4.78, 5) is 34.3. The Morgan fingerprint density at radius 2 is 2.17 bits per heavy atom. The Hall–Kier alpha value is -1.63. The zero-order valence-corrected chi connectivity index (χ0v) is 14.3. The van der Waals surface area contributed by atoms with E-state index >= 15 is 0 Å². The first-order valence-corrected chi connectivity index (χ1v) is 9.05. The van der Waals surface area contributed by atoms with Gasteiger partial charge in [-0.05, 0) is 30.1 Å². The van der Waals surface area contributed by atoms with Crippen molar-refractivity contribution in [3.63, 3.8) is 0 Å². The number of hydrogen-bond acceptors (Lipinski definition) is 5. The van der Waals surface area contributed by atoms with Gasteiger partial charge in [-0.25, -0.2) is 9.97 Å². The van der Waals surface area contributed by atoms with Crippen LogP contribution in [-0.4, -0.2) is 44.2 Å². The second-order valence-electron chi connectivity index (χ2n) is 6.53. The van der Waals surface area contributed by atoms with Crippen molar-refractivity contribution in [3.8, 4) is 0 Å². The van der Waals surface area contributed by atoms with Gasteiger partial charge >= 0.3 is 0 Å². The summed E-state index contributed by atoms with van der Waals surface area (Å²) in [7, 11) is 0. The zero-order valence-electron chi connectivity index (χ0n) is 13.5. The standard InChI is InChI=1S/C16H22N4O2S/c1-9-5-12(10(2)23-8-9)16(22)20-4-3-11-6-18-15(14(17)21)19-13(11)7-20/h6,9-10,12H,3-5,7-8H2,1-2H3,(H2,17,21).